The van der Waals surface area contributed by atoms with E-state index in [0.717, 1.165) is 0 Å². The number of carbonyl (C=O) groups is 1. The summed E-state index contributed by atoms with van der Waals surface area (Å²) in [5, 5.41) is 51.4. The maximum atomic E-state index is 12.2. The van der Waals surface area contributed by atoms with E-state index in [9.17, 15) is 30.3 Å². The van der Waals surface area contributed by atoms with E-state index < -0.39 is 61.3 Å². The van der Waals surface area contributed by atoms with Gasteiger partial charge >= 0.3 is 5.97 Å². The van der Waals surface area contributed by atoms with Crippen molar-refractivity contribution in [2.45, 2.75) is 61.5 Å². The maximum absolute atomic E-state index is 12.2. The highest BCUT2D eigenvalue weighted by molar-refractivity contribution is 5.89. The van der Waals surface area contributed by atoms with Gasteiger partial charge in [0.15, 0.2) is 12.6 Å². The van der Waals surface area contributed by atoms with Crippen molar-refractivity contribution in [2.24, 2.45) is 11.8 Å². The van der Waals surface area contributed by atoms with E-state index in [1.54, 1.807) is 0 Å². The lowest BCUT2D eigenvalue weighted by Crippen LogP contribution is -2.60. The van der Waals surface area contributed by atoms with Gasteiger partial charge in [0.2, 0.25) is 0 Å². The number of aromatic hydroxyl groups is 1. The first-order valence-corrected chi connectivity index (χ1v) is 11.0. The predicted octanol–water partition coefficient (Wildman–Crippen LogP) is -1.11. The third kappa shape index (κ3) is 4.13. The molecule has 4 fully saturated rings. The lowest BCUT2D eigenvalue weighted by Gasteiger charge is -2.42. The SMILES string of the molecule is O=C(OC[C@H]1O[C@@H](O[C@@H]2C[C@@]3(O)CO[C@H]4OCC[C@@H]2[C@H]43)[C@H](O)[C@@H](O)[C@@H]1O)c1ccc(O)cc1. The highest BCUT2D eigenvalue weighted by Crippen LogP contribution is 2.52. The van der Waals surface area contributed by atoms with Gasteiger partial charge in [-0.1, -0.05) is 0 Å². The first-order valence-electron chi connectivity index (χ1n) is 11.0. The van der Waals surface area contributed by atoms with E-state index in [1.807, 2.05) is 0 Å². The zero-order chi connectivity index (χ0) is 23.3. The van der Waals surface area contributed by atoms with Crippen molar-refractivity contribution < 1.29 is 54.0 Å². The van der Waals surface area contributed by atoms with Crippen LogP contribution in [0.3, 0.4) is 0 Å². The molecule has 1 aliphatic carbocycles. The third-order valence-electron chi connectivity index (χ3n) is 7.10. The lowest BCUT2D eigenvalue weighted by atomic mass is 9.84. The van der Waals surface area contributed by atoms with Gasteiger partial charge in [-0.15, -0.1) is 0 Å². The van der Waals surface area contributed by atoms with E-state index in [-0.39, 0.29) is 36.2 Å². The number of benzene rings is 1. The Morgan fingerprint density at radius 3 is 2.61 bits per heavy atom. The summed E-state index contributed by atoms with van der Waals surface area (Å²) in [5.74, 6) is -1.04. The second-order valence-electron chi connectivity index (χ2n) is 9.17. The molecule has 3 aliphatic heterocycles. The Labute approximate surface area is 189 Å². The summed E-state index contributed by atoms with van der Waals surface area (Å²) < 4.78 is 28.1. The minimum atomic E-state index is -1.59. The zero-order valence-corrected chi connectivity index (χ0v) is 17.7. The molecule has 0 spiro atoms. The van der Waals surface area contributed by atoms with Crippen molar-refractivity contribution in [2.75, 3.05) is 19.8 Å². The molecular weight excluding hydrogens is 440 g/mol. The molecule has 3 saturated heterocycles. The van der Waals surface area contributed by atoms with Crippen LogP contribution in [0, 0.1) is 11.8 Å². The Balaban J connectivity index is 1.24. The number of phenols is 1. The number of esters is 1. The van der Waals surface area contributed by atoms with Crippen LogP contribution in [0.15, 0.2) is 24.3 Å². The fourth-order valence-corrected chi connectivity index (χ4v) is 5.37. The largest absolute Gasteiger partial charge is 0.508 e. The van der Waals surface area contributed by atoms with Crippen LogP contribution in [0.5, 0.6) is 5.75 Å². The Morgan fingerprint density at radius 2 is 1.85 bits per heavy atom. The standard InChI is InChI=1S/C22H28O11/c23-11-3-1-10(2-4-11)19(27)30-8-14-16(24)17(25)18(26)21(33-14)32-13-7-22(28)9-31-20-15(22)12(13)5-6-29-20/h1-4,12-18,20-21,23-26,28H,5-9H2/t12-,13+,14+,15+,16+,17-,18+,20+,21+,22+/m0/s1. The minimum absolute atomic E-state index is 0.00203. The first kappa shape index (κ1) is 22.9. The van der Waals surface area contributed by atoms with Crippen LogP contribution in [-0.4, -0.2) is 100 Å². The Kier molecular flexibility index (Phi) is 6.08. The number of rotatable bonds is 5. The monoisotopic (exact) mass is 468 g/mol. The normalized spacial score (nSPS) is 44.4. The summed E-state index contributed by atoms with van der Waals surface area (Å²) in [4.78, 5) is 12.2. The van der Waals surface area contributed by atoms with Crippen LogP contribution in [0.4, 0.5) is 0 Å². The van der Waals surface area contributed by atoms with Crippen LogP contribution in [-0.2, 0) is 23.7 Å². The van der Waals surface area contributed by atoms with Gasteiger partial charge in [0.05, 0.1) is 30.5 Å². The van der Waals surface area contributed by atoms with E-state index in [4.69, 9.17) is 23.7 Å². The van der Waals surface area contributed by atoms with Crippen molar-refractivity contribution in [1.82, 2.24) is 0 Å². The van der Waals surface area contributed by atoms with Crippen molar-refractivity contribution in [1.29, 1.82) is 0 Å². The minimum Gasteiger partial charge on any atom is -0.508 e. The highest BCUT2D eigenvalue weighted by atomic mass is 16.7. The van der Waals surface area contributed by atoms with Crippen LogP contribution in [0.1, 0.15) is 23.2 Å². The molecule has 0 radical (unpaired) electrons. The molecule has 1 aromatic carbocycles. The van der Waals surface area contributed by atoms with E-state index in [0.29, 0.717) is 13.0 Å². The second-order valence-corrected chi connectivity index (χ2v) is 9.17. The average molecular weight is 468 g/mol. The van der Waals surface area contributed by atoms with Crippen LogP contribution in [0.2, 0.25) is 0 Å². The van der Waals surface area contributed by atoms with E-state index in [1.165, 1.54) is 24.3 Å². The molecule has 5 N–H and O–H groups in total. The molecule has 0 amide bonds. The molecule has 11 heteroatoms. The molecule has 11 nitrogen and oxygen atoms in total. The second kappa shape index (κ2) is 8.75. The molecule has 182 valence electrons. The van der Waals surface area contributed by atoms with Crippen LogP contribution < -0.4 is 0 Å². The molecule has 10 atom stereocenters. The number of hydrogen-bond acceptors (Lipinski definition) is 11. The van der Waals surface area contributed by atoms with Gasteiger partial charge in [-0.05, 0) is 36.6 Å². The number of hydrogen-bond donors (Lipinski definition) is 5. The first-order chi connectivity index (χ1) is 15.8. The number of aliphatic hydroxyl groups excluding tert-OH is 3. The molecule has 0 aromatic heterocycles. The highest BCUT2D eigenvalue weighted by Gasteiger charge is 2.63. The van der Waals surface area contributed by atoms with Gasteiger partial charge in [-0.3, -0.25) is 0 Å². The summed E-state index contributed by atoms with van der Waals surface area (Å²) in [5.41, 5.74) is -0.912. The number of aliphatic hydroxyl groups is 4. The number of phenolic OH excluding ortho intramolecular Hbond substituents is 1. The summed E-state index contributed by atoms with van der Waals surface area (Å²) in [7, 11) is 0. The molecule has 33 heavy (non-hydrogen) atoms. The fraction of sp³-hybridized carbons (Fsp3) is 0.682. The van der Waals surface area contributed by atoms with Crippen molar-refractivity contribution in [3.8, 4) is 5.75 Å². The quantitative estimate of drug-likeness (QED) is 0.333. The molecule has 0 bridgehead atoms. The molecule has 0 unspecified atom stereocenters. The smallest absolute Gasteiger partial charge is 0.338 e. The van der Waals surface area contributed by atoms with Gasteiger partial charge in [-0.2, -0.15) is 0 Å². The molecule has 1 saturated carbocycles. The van der Waals surface area contributed by atoms with Crippen LogP contribution in [0.25, 0.3) is 0 Å². The van der Waals surface area contributed by atoms with Crippen molar-refractivity contribution in [3.05, 3.63) is 29.8 Å². The molecule has 1 aromatic rings. The van der Waals surface area contributed by atoms with Gasteiger partial charge in [-0.25, -0.2) is 4.79 Å². The third-order valence-corrected chi connectivity index (χ3v) is 7.10. The Hall–Kier alpha value is -1.83. The van der Waals surface area contributed by atoms with Gasteiger partial charge in [0.1, 0.15) is 36.8 Å². The maximum Gasteiger partial charge on any atom is 0.338 e. The summed E-state index contributed by atoms with van der Waals surface area (Å²) in [6.45, 7) is 0.186. The van der Waals surface area contributed by atoms with Gasteiger partial charge in [0, 0.05) is 12.3 Å². The molecule has 4 aliphatic rings. The van der Waals surface area contributed by atoms with E-state index in [2.05, 4.69) is 0 Å². The molecule has 3 heterocycles. The summed E-state index contributed by atoms with van der Waals surface area (Å²) in [6, 6.07) is 5.44. The topological polar surface area (TPSA) is 164 Å². The molecular formula is C22H28O11. The Bertz CT molecular complexity index is 862. The lowest BCUT2D eigenvalue weighted by molar-refractivity contribution is -0.316. The fourth-order valence-electron chi connectivity index (χ4n) is 5.37. The molecule has 5 rings (SSSR count). The zero-order valence-electron chi connectivity index (χ0n) is 17.7. The van der Waals surface area contributed by atoms with Crippen LogP contribution >= 0.6 is 0 Å². The summed E-state index contributed by atoms with van der Waals surface area (Å²) in [6.07, 6.45) is -7.16. The van der Waals surface area contributed by atoms with Gasteiger partial charge < -0.3 is 49.2 Å². The Morgan fingerprint density at radius 1 is 1.09 bits per heavy atom. The average Bonchev–Trinajstić information content (AvgIpc) is 3.29. The predicted molar refractivity (Wildman–Crippen MR) is 107 cm³/mol. The number of ether oxygens (including phenoxy) is 5. The van der Waals surface area contributed by atoms with Crippen molar-refractivity contribution >= 4 is 5.97 Å². The van der Waals surface area contributed by atoms with E-state index >= 15 is 0 Å². The number of carbonyl (C=O) groups excluding carboxylic acids is 1. The van der Waals surface area contributed by atoms with Gasteiger partial charge in [0.25, 0.3) is 0 Å². The summed E-state index contributed by atoms with van der Waals surface area (Å²) >= 11 is 0. The van der Waals surface area contributed by atoms with Crippen molar-refractivity contribution in [3.63, 3.8) is 0 Å².